The first-order valence-electron chi connectivity index (χ1n) is 16.5. The molecule has 3 N–H and O–H groups in total. The summed E-state index contributed by atoms with van der Waals surface area (Å²) in [6.45, 7) is 3.11. The number of fused-ring (bicyclic) bond motifs is 1. The molecule has 2 atom stereocenters. The van der Waals surface area contributed by atoms with Crippen LogP contribution < -0.4 is 5.73 Å². The lowest BCUT2D eigenvalue weighted by Gasteiger charge is -2.17. The summed E-state index contributed by atoms with van der Waals surface area (Å²) in [7, 11) is -0.219. The summed E-state index contributed by atoms with van der Waals surface area (Å²) in [5, 5.41) is 4.28. The number of rotatable bonds is 28. The number of nitrogens with two attached hydrogens (primary N) is 1. The zero-order valence-electron chi connectivity index (χ0n) is 26.1. The second kappa shape index (κ2) is 24.2. The van der Waals surface area contributed by atoms with Gasteiger partial charge in [0.2, 0.25) is 0 Å². The van der Waals surface area contributed by atoms with Crippen molar-refractivity contribution in [2.45, 2.75) is 148 Å². The van der Waals surface area contributed by atoms with Crippen molar-refractivity contribution in [1.29, 1.82) is 0 Å². The van der Waals surface area contributed by atoms with E-state index in [2.05, 4.69) is 17.0 Å². The molecule has 8 nitrogen and oxygen atoms in total. The van der Waals surface area contributed by atoms with Crippen LogP contribution in [0.25, 0.3) is 5.52 Å². The van der Waals surface area contributed by atoms with Crippen molar-refractivity contribution in [1.82, 2.24) is 14.6 Å². The Balaban J connectivity index is 1.34. The first-order chi connectivity index (χ1) is 20.2. The van der Waals surface area contributed by atoms with Crippen molar-refractivity contribution in [3.8, 4) is 0 Å². The van der Waals surface area contributed by atoms with E-state index in [4.69, 9.17) is 19.5 Å². The minimum atomic E-state index is -1.88. The number of anilines is 1. The Hall–Kier alpha value is -1.31. The Morgan fingerprint density at radius 3 is 1.88 bits per heavy atom. The molecule has 0 saturated heterocycles. The molecule has 0 bridgehead atoms. The third-order valence-corrected chi connectivity index (χ3v) is 8.71. The van der Waals surface area contributed by atoms with E-state index in [1.807, 2.05) is 12.1 Å². The molecule has 0 aromatic carbocycles. The molecule has 0 fully saturated rings. The van der Waals surface area contributed by atoms with Crippen LogP contribution in [0.5, 0.6) is 0 Å². The number of nitrogen functional groups attached to an aromatic ring is 1. The molecule has 0 spiro atoms. The fraction of sp³-hybridized carbons (Fsp3) is 0.812. The highest BCUT2D eigenvalue weighted by Gasteiger charge is 2.15. The summed E-state index contributed by atoms with van der Waals surface area (Å²) < 4.78 is 18.4. The molecule has 0 amide bonds. The van der Waals surface area contributed by atoms with Crippen molar-refractivity contribution >= 4 is 19.9 Å². The molecular weight excluding hydrogens is 535 g/mol. The minimum Gasteiger partial charge on any atom is -0.382 e. The topological polar surface area (TPSA) is 104 Å². The van der Waals surface area contributed by atoms with Crippen molar-refractivity contribution in [2.24, 2.45) is 0 Å². The largest absolute Gasteiger partial charge is 0.382 e. The third-order valence-electron chi connectivity index (χ3n) is 7.94. The summed E-state index contributed by atoms with van der Waals surface area (Å²) >= 11 is 0. The summed E-state index contributed by atoms with van der Waals surface area (Å²) in [4.78, 5) is 14.1. The number of aryl methyl sites for hydroxylation is 1. The smallest absolute Gasteiger partial charge is 0.329 e. The first-order valence-corrected chi connectivity index (χ1v) is 17.6. The normalized spacial score (nSPS) is 13.2. The van der Waals surface area contributed by atoms with Gasteiger partial charge in [-0.3, -0.25) is 0 Å². The summed E-state index contributed by atoms with van der Waals surface area (Å²) in [5.74, 6) is 0.464. The van der Waals surface area contributed by atoms with Gasteiger partial charge in [-0.05, 0) is 31.4 Å². The number of nitrogens with zero attached hydrogens (tertiary/aromatic N) is 3. The molecule has 0 radical (unpaired) electrons. The van der Waals surface area contributed by atoms with E-state index < -0.39 is 8.60 Å². The van der Waals surface area contributed by atoms with Crippen LogP contribution in [0.4, 0.5) is 5.82 Å². The molecule has 0 aliphatic heterocycles. The van der Waals surface area contributed by atoms with Crippen LogP contribution in [0.3, 0.4) is 0 Å². The summed E-state index contributed by atoms with van der Waals surface area (Å²) in [6, 6.07) is 3.92. The predicted molar refractivity (Wildman–Crippen MR) is 171 cm³/mol. The lowest BCUT2D eigenvalue weighted by Crippen LogP contribution is -2.18. The van der Waals surface area contributed by atoms with Gasteiger partial charge in [-0.15, -0.1) is 0 Å². The van der Waals surface area contributed by atoms with Crippen LogP contribution in [-0.4, -0.2) is 45.9 Å². The second-order valence-electron chi connectivity index (χ2n) is 11.4. The fourth-order valence-corrected chi connectivity index (χ4v) is 5.94. The molecule has 2 heterocycles. The molecule has 2 aromatic heterocycles. The van der Waals surface area contributed by atoms with E-state index in [-0.39, 0.29) is 6.10 Å². The zero-order chi connectivity index (χ0) is 29.4. The molecule has 2 unspecified atom stereocenters. The van der Waals surface area contributed by atoms with Crippen LogP contribution in [-0.2, 0) is 20.2 Å². The molecular formula is C32H59N4O4P. The Morgan fingerprint density at radius 1 is 0.805 bits per heavy atom. The van der Waals surface area contributed by atoms with E-state index in [0.717, 1.165) is 36.9 Å². The Kier molecular flexibility index (Phi) is 21.2. The molecule has 41 heavy (non-hydrogen) atoms. The van der Waals surface area contributed by atoms with E-state index >= 15 is 0 Å². The average Bonchev–Trinajstić information content (AvgIpc) is 3.40. The van der Waals surface area contributed by atoms with Gasteiger partial charge in [-0.2, -0.15) is 5.10 Å². The highest BCUT2D eigenvalue weighted by molar-refractivity contribution is 7.40. The van der Waals surface area contributed by atoms with Gasteiger partial charge in [0.15, 0.2) is 5.82 Å². The van der Waals surface area contributed by atoms with E-state index in [9.17, 15) is 4.89 Å². The third kappa shape index (κ3) is 16.8. The first kappa shape index (κ1) is 35.9. The van der Waals surface area contributed by atoms with E-state index in [1.165, 1.54) is 115 Å². The quantitative estimate of drug-likeness (QED) is 0.0748. The van der Waals surface area contributed by atoms with Crippen LogP contribution in [0.15, 0.2) is 18.5 Å². The van der Waals surface area contributed by atoms with Crippen molar-refractivity contribution in [3.63, 3.8) is 0 Å². The van der Waals surface area contributed by atoms with Gasteiger partial charge in [0.1, 0.15) is 11.8 Å². The standard InChI is InChI=1S/C32H59N4O4P/c1-3-4-5-6-7-8-9-10-11-12-13-14-15-16-17-18-19-20-21-26-39-41(37)40-27-30(38-2)24-22-29-23-25-31-32(33)34-28-35-36(29)31/h23,25,28,30,37H,3-22,24,26-27H2,1-2H3,(H2,33,34,35). The molecule has 0 aliphatic rings. The van der Waals surface area contributed by atoms with Gasteiger partial charge < -0.3 is 24.4 Å². The highest BCUT2D eigenvalue weighted by Crippen LogP contribution is 2.33. The number of hydrogen-bond acceptors (Lipinski definition) is 7. The Morgan fingerprint density at radius 2 is 1.34 bits per heavy atom. The number of methoxy groups -OCH3 is 1. The summed E-state index contributed by atoms with van der Waals surface area (Å²) in [5.41, 5.74) is 7.74. The zero-order valence-corrected chi connectivity index (χ0v) is 27.0. The SMILES string of the molecule is CCCCCCCCCCCCCCCCCCCCCOP(O)OCC(CCc1ccc2c(N)ncnn12)OC. The van der Waals surface area contributed by atoms with Crippen LogP contribution in [0.2, 0.25) is 0 Å². The van der Waals surface area contributed by atoms with E-state index in [0.29, 0.717) is 19.0 Å². The van der Waals surface area contributed by atoms with Crippen LogP contribution in [0.1, 0.15) is 141 Å². The molecule has 2 aromatic rings. The van der Waals surface area contributed by atoms with Crippen molar-refractivity contribution in [2.75, 3.05) is 26.1 Å². The maximum absolute atomic E-state index is 10.1. The number of aromatic nitrogens is 3. The fourth-order valence-electron chi connectivity index (χ4n) is 5.28. The molecule has 236 valence electrons. The number of ether oxygens (including phenoxy) is 1. The molecule has 9 heteroatoms. The van der Waals surface area contributed by atoms with Gasteiger partial charge in [0, 0.05) is 12.8 Å². The Bertz CT molecular complexity index is 885. The molecule has 2 rings (SSSR count). The lowest BCUT2D eigenvalue weighted by molar-refractivity contribution is 0.0440. The summed E-state index contributed by atoms with van der Waals surface area (Å²) in [6.07, 6.45) is 28.6. The van der Waals surface area contributed by atoms with Gasteiger partial charge in [0.25, 0.3) is 0 Å². The minimum absolute atomic E-state index is 0.143. The average molecular weight is 595 g/mol. The Labute approximate surface area is 251 Å². The van der Waals surface area contributed by atoms with Gasteiger partial charge >= 0.3 is 8.60 Å². The van der Waals surface area contributed by atoms with Gasteiger partial charge in [0.05, 0.1) is 19.3 Å². The van der Waals surface area contributed by atoms with Crippen molar-refractivity contribution in [3.05, 3.63) is 24.2 Å². The number of hydrogen-bond donors (Lipinski definition) is 2. The lowest BCUT2D eigenvalue weighted by atomic mass is 10.0. The van der Waals surface area contributed by atoms with Crippen LogP contribution >= 0.6 is 8.60 Å². The second-order valence-corrected chi connectivity index (χ2v) is 12.4. The maximum Gasteiger partial charge on any atom is 0.329 e. The maximum atomic E-state index is 10.1. The molecule has 0 saturated carbocycles. The highest BCUT2D eigenvalue weighted by atomic mass is 31.2. The predicted octanol–water partition coefficient (Wildman–Crippen LogP) is 8.94. The monoisotopic (exact) mass is 594 g/mol. The van der Waals surface area contributed by atoms with Gasteiger partial charge in [-0.1, -0.05) is 122 Å². The van der Waals surface area contributed by atoms with Crippen molar-refractivity contribution < 1.29 is 18.7 Å². The molecule has 0 aliphatic carbocycles. The van der Waals surface area contributed by atoms with Crippen LogP contribution in [0, 0.1) is 0 Å². The van der Waals surface area contributed by atoms with Gasteiger partial charge in [-0.25, -0.2) is 9.50 Å². The van der Waals surface area contributed by atoms with E-state index in [1.54, 1.807) is 11.6 Å². The number of unbranched alkanes of at least 4 members (excludes halogenated alkanes) is 18.